The molecular formula is C16H18S. The van der Waals surface area contributed by atoms with Gasteiger partial charge in [0, 0.05) is 9.79 Å². The minimum Gasteiger partial charge on any atom is -0.0898 e. The van der Waals surface area contributed by atoms with Crippen LogP contribution in [0.5, 0.6) is 0 Å². The standard InChI is InChI=1S/C16H18S/c1-11-5-6-14(4)16(10-11)17-15-8-12(2)7-13(3)9-15/h5-10H,1-4H3. The molecule has 0 saturated carbocycles. The van der Waals surface area contributed by atoms with Crippen molar-refractivity contribution in [1.29, 1.82) is 0 Å². The average molecular weight is 242 g/mol. The molecule has 0 atom stereocenters. The second kappa shape index (κ2) is 4.97. The molecule has 0 saturated heterocycles. The highest BCUT2D eigenvalue weighted by Crippen LogP contribution is 2.32. The van der Waals surface area contributed by atoms with Crippen LogP contribution in [-0.4, -0.2) is 0 Å². The molecule has 0 unspecified atom stereocenters. The van der Waals surface area contributed by atoms with Gasteiger partial charge in [-0.3, -0.25) is 0 Å². The normalized spacial score (nSPS) is 10.6. The Morgan fingerprint density at radius 2 is 1.35 bits per heavy atom. The van der Waals surface area contributed by atoms with E-state index in [2.05, 4.69) is 64.1 Å². The fourth-order valence-electron chi connectivity index (χ4n) is 1.94. The molecule has 2 aromatic carbocycles. The van der Waals surface area contributed by atoms with Crippen molar-refractivity contribution in [2.24, 2.45) is 0 Å². The second-order valence-electron chi connectivity index (χ2n) is 4.69. The van der Waals surface area contributed by atoms with Gasteiger partial charge in [0.15, 0.2) is 0 Å². The lowest BCUT2D eigenvalue weighted by Gasteiger charge is -2.08. The van der Waals surface area contributed by atoms with Crippen molar-refractivity contribution in [3.05, 3.63) is 58.7 Å². The molecule has 0 radical (unpaired) electrons. The summed E-state index contributed by atoms with van der Waals surface area (Å²) in [5, 5.41) is 0. The van der Waals surface area contributed by atoms with E-state index < -0.39 is 0 Å². The maximum absolute atomic E-state index is 2.26. The first-order valence-corrected chi connectivity index (χ1v) is 6.69. The molecule has 88 valence electrons. The van der Waals surface area contributed by atoms with Crippen LogP contribution < -0.4 is 0 Å². The van der Waals surface area contributed by atoms with Crippen LogP contribution in [0.3, 0.4) is 0 Å². The minimum absolute atomic E-state index is 1.32. The van der Waals surface area contributed by atoms with Gasteiger partial charge < -0.3 is 0 Å². The van der Waals surface area contributed by atoms with Crippen LogP contribution in [-0.2, 0) is 0 Å². The highest BCUT2D eigenvalue weighted by molar-refractivity contribution is 7.99. The van der Waals surface area contributed by atoms with E-state index >= 15 is 0 Å². The maximum Gasteiger partial charge on any atom is 0.0154 e. The summed E-state index contributed by atoms with van der Waals surface area (Å²) in [6.45, 7) is 8.62. The molecule has 0 bridgehead atoms. The molecule has 0 aliphatic carbocycles. The molecule has 0 spiro atoms. The minimum atomic E-state index is 1.32. The third kappa shape index (κ3) is 3.13. The summed E-state index contributed by atoms with van der Waals surface area (Å²) < 4.78 is 0. The molecule has 0 amide bonds. The predicted molar refractivity (Wildman–Crippen MR) is 76.0 cm³/mol. The van der Waals surface area contributed by atoms with Crippen LogP contribution in [0, 0.1) is 27.7 Å². The zero-order chi connectivity index (χ0) is 12.4. The van der Waals surface area contributed by atoms with Gasteiger partial charge in [-0.2, -0.15) is 0 Å². The van der Waals surface area contributed by atoms with Gasteiger partial charge in [-0.05, 0) is 68.1 Å². The van der Waals surface area contributed by atoms with E-state index in [0.717, 1.165) is 0 Å². The molecular weight excluding hydrogens is 224 g/mol. The Labute approximate surface area is 108 Å². The Balaban J connectivity index is 2.34. The lowest BCUT2D eigenvalue weighted by Crippen LogP contribution is -1.84. The summed E-state index contributed by atoms with van der Waals surface area (Å²) in [4.78, 5) is 2.69. The van der Waals surface area contributed by atoms with Crippen LogP contribution in [0.15, 0.2) is 46.2 Å². The second-order valence-corrected chi connectivity index (χ2v) is 5.81. The summed E-state index contributed by atoms with van der Waals surface area (Å²) in [7, 11) is 0. The van der Waals surface area contributed by atoms with Gasteiger partial charge in [0.1, 0.15) is 0 Å². The lowest BCUT2D eigenvalue weighted by molar-refractivity contribution is 1.24. The van der Waals surface area contributed by atoms with Crippen LogP contribution in [0.4, 0.5) is 0 Å². The van der Waals surface area contributed by atoms with E-state index in [1.807, 2.05) is 11.8 Å². The van der Waals surface area contributed by atoms with Crippen molar-refractivity contribution < 1.29 is 0 Å². The highest BCUT2D eigenvalue weighted by Gasteiger charge is 2.03. The first-order chi connectivity index (χ1) is 8.04. The summed E-state index contributed by atoms with van der Waals surface area (Å²) in [5.74, 6) is 0. The largest absolute Gasteiger partial charge is 0.0898 e. The van der Waals surface area contributed by atoms with Crippen molar-refractivity contribution in [3.8, 4) is 0 Å². The van der Waals surface area contributed by atoms with Crippen LogP contribution in [0.25, 0.3) is 0 Å². The van der Waals surface area contributed by atoms with Crippen LogP contribution in [0.1, 0.15) is 22.3 Å². The zero-order valence-corrected chi connectivity index (χ0v) is 11.7. The monoisotopic (exact) mass is 242 g/mol. The zero-order valence-electron chi connectivity index (χ0n) is 10.9. The summed E-state index contributed by atoms with van der Waals surface area (Å²) >= 11 is 1.86. The molecule has 2 aromatic rings. The van der Waals surface area contributed by atoms with Gasteiger partial charge in [-0.15, -0.1) is 0 Å². The Morgan fingerprint density at radius 1 is 0.706 bits per heavy atom. The van der Waals surface area contributed by atoms with Gasteiger partial charge in [-0.25, -0.2) is 0 Å². The highest BCUT2D eigenvalue weighted by atomic mass is 32.2. The number of hydrogen-bond acceptors (Lipinski definition) is 1. The molecule has 17 heavy (non-hydrogen) atoms. The number of aryl methyl sites for hydroxylation is 4. The van der Waals surface area contributed by atoms with Gasteiger partial charge >= 0.3 is 0 Å². The fourth-order valence-corrected chi connectivity index (χ4v) is 3.15. The Bertz CT molecular complexity index is 521. The third-order valence-electron chi connectivity index (χ3n) is 2.77. The number of rotatable bonds is 2. The van der Waals surface area contributed by atoms with E-state index in [1.54, 1.807) is 0 Å². The molecule has 0 nitrogen and oxygen atoms in total. The summed E-state index contributed by atoms with van der Waals surface area (Å²) in [6, 6.07) is 13.3. The van der Waals surface area contributed by atoms with Gasteiger partial charge in [0.25, 0.3) is 0 Å². The van der Waals surface area contributed by atoms with E-state index in [9.17, 15) is 0 Å². The Morgan fingerprint density at radius 3 is 2.00 bits per heavy atom. The van der Waals surface area contributed by atoms with Crippen LogP contribution >= 0.6 is 11.8 Å². The molecule has 0 aromatic heterocycles. The van der Waals surface area contributed by atoms with E-state index in [0.29, 0.717) is 0 Å². The van der Waals surface area contributed by atoms with E-state index in [4.69, 9.17) is 0 Å². The predicted octanol–water partition coefficient (Wildman–Crippen LogP) is 5.07. The molecule has 0 heterocycles. The van der Waals surface area contributed by atoms with Crippen LogP contribution in [0.2, 0.25) is 0 Å². The fraction of sp³-hybridized carbons (Fsp3) is 0.250. The van der Waals surface area contributed by atoms with Crippen molar-refractivity contribution in [2.45, 2.75) is 37.5 Å². The SMILES string of the molecule is Cc1cc(C)cc(Sc2cc(C)ccc2C)c1. The average Bonchev–Trinajstić information content (AvgIpc) is 2.22. The van der Waals surface area contributed by atoms with Gasteiger partial charge in [0.05, 0.1) is 0 Å². The molecule has 1 heteroatoms. The van der Waals surface area contributed by atoms with Gasteiger partial charge in [-0.1, -0.05) is 30.0 Å². The lowest BCUT2D eigenvalue weighted by atomic mass is 10.2. The van der Waals surface area contributed by atoms with E-state index in [1.165, 1.54) is 32.0 Å². The Kier molecular flexibility index (Phi) is 3.58. The van der Waals surface area contributed by atoms with Crippen molar-refractivity contribution in [2.75, 3.05) is 0 Å². The maximum atomic E-state index is 2.26. The molecule has 2 rings (SSSR count). The summed E-state index contributed by atoms with van der Waals surface area (Å²) in [5.41, 5.74) is 5.33. The molecule has 0 aliphatic rings. The Hall–Kier alpha value is -1.21. The van der Waals surface area contributed by atoms with Crippen molar-refractivity contribution >= 4 is 11.8 Å². The van der Waals surface area contributed by atoms with Crippen molar-refractivity contribution in [1.82, 2.24) is 0 Å². The molecule has 0 aliphatic heterocycles. The third-order valence-corrected chi connectivity index (χ3v) is 3.90. The topological polar surface area (TPSA) is 0 Å². The summed E-state index contributed by atoms with van der Waals surface area (Å²) in [6.07, 6.45) is 0. The molecule has 0 fully saturated rings. The number of benzene rings is 2. The smallest absolute Gasteiger partial charge is 0.0154 e. The first kappa shape index (κ1) is 12.3. The van der Waals surface area contributed by atoms with E-state index in [-0.39, 0.29) is 0 Å². The number of hydrogen-bond donors (Lipinski definition) is 0. The molecule has 0 N–H and O–H groups in total. The first-order valence-electron chi connectivity index (χ1n) is 5.88. The van der Waals surface area contributed by atoms with Crippen molar-refractivity contribution in [3.63, 3.8) is 0 Å². The quantitative estimate of drug-likeness (QED) is 0.708. The van der Waals surface area contributed by atoms with Gasteiger partial charge in [0.2, 0.25) is 0 Å².